The van der Waals surface area contributed by atoms with Gasteiger partial charge in [-0.1, -0.05) is 41.4 Å². The fraction of sp³-hybridized carbons (Fsp3) is 0.143. The molecule has 0 amide bonds. The van der Waals surface area contributed by atoms with Gasteiger partial charge in [-0.2, -0.15) is 0 Å². The lowest BCUT2D eigenvalue weighted by atomic mass is 10.2. The van der Waals surface area contributed by atoms with E-state index in [1.165, 1.54) is 0 Å². The molecule has 0 atom stereocenters. The van der Waals surface area contributed by atoms with Crippen molar-refractivity contribution in [2.75, 3.05) is 0 Å². The van der Waals surface area contributed by atoms with E-state index in [1.807, 2.05) is 24.3 Å². The van der Waals surface area contributed by atoms with Crippen molar-refractivity contribution >= 4 is 23.2 Å². The molecule has 2 nitrogen and oxygen atoms in total. The van der Waals surface area contributed by atoms with E-state index in [4.69, 9.17) is 27.9 Å². The molecule has 0 unspecified atom stereocenters. The van der Waals surface area contributed by atoms with E-state index in [1.54, 1.807) is 18.2 Å². The summed E-state index contributed by atoms with van der Waals surface area (Å²) in [5, 5.41) is 10.4. The van der Waals surface area contributed by atoms with E-state index in [0.717, 1.165) is 5.56 Å². The van der Waals surface area contributed by atoms with Gasteiger partial charge in [0.2, 0.25) is 0 Å². The van der Waals surface area contributed by atoms with Crippen LogP contribution in [0.5, 0.6) is 5.75 Å². The third kappa shape index (κ3) is 3.16. The summed E-state index contributed by atoms with van der Waals surface area (Å²) in [7, 11) is 0. The van der Waals surface area contributed by atoms with Gasteiger partial charge in [-0.25, -0.2) is 0 Å². The van der Waals surface area contributed by atoms with Gasteiger partial charge >= 0.3 is 0 Å². The lowest BCUT2D eigenvalue weighted by Gasteiger charge is -2.11. The molecule has 0 heterocycles. The van der Waals surface area contributed by atoms with Crippen molar-refractivity contribution in [3.05, 3.63) is 63.6 Å². The standard InChI is InChI=1S/C14H12Cl2O2/c15-11-6-4-10(5-7-11)9-18-14-3-1-2-13(16)12(14)8-17/h1-7,17H,8-9H2. The molecule has 94 valence electrons. The van der Waals surface area contributed by atoms with E-state index in [9.17, 15) is 5.11 Å². The number of hydrogen-bond donors (Lipinski definition) is 1. The summed E-state index contributed by atoms with van der Waals surface area (Å²) < 4.78 is 5.65. The van der Waals surface area contributed by atoms with Crippen LogP contribution in [-0.4, -0.2) is 5.11 Å². The lowest BCUT2D eigenvalue weighted by molar-refractivity contribution is 0.259. The zero-order valence-corrected chi connectivity index (χ0v) is 11.1. The van der Waals surface area contributed by atoms with Crippen LogP contribution in [0.15, 0.2) is 42.5 Å². The van der Waals surface area contributed by atoms with Gasteiger partial charge in [0.05, 0.1) is 6.61 Å². The summed E-state index contributed by atoms with van der Waals surface area (Å²) in [6.07, 6.45) is 0. The monoisotopic (exact) mass is 282 g/mol. The molecule has 0 fully saturated rings. The molecule has 0 radical (unpaired) electrons. The highest BCUT2D eigenvalue weighted by Crippen LogP contribution is 2.27. The van der Waals surface area contributed by atoms with Crippen molar-refractivity contribution in [1.82, 2.24) is 0 Å². The van der Waals surface area contributed by atoms with Gasteiger partial charge in [0.1, 0.15) is 12.4 Å². The van der Waals surface area contributed by atoms with Crippen LogP contribution in [0.4, 0.5) is 0 Å². The Hall–Kier alpha value is -1.22. The summed E-state index contributed by atoms with van der Waals surface area (Å²) in [6, 6.07) is 12.7. The van der Waals surface area contributed by atoms with Gasteiger partial charge in [0, 0.05) is 15.6 Å². The minimum Gasteiger partial charge on any atom is -0.488 e. The van der Waals surface area contributed by atoms with Gasteiger partial charge in [-0.15, -0.1) is 0 Å². The van der Waals surface area contributed by atoms with Crippen molar-refractivity contribution in [2.45, 2.75) is 13.2 Å². The summed E-state index contributed by atoms with van der Waals surface area (Å²) >= 11 is 11.8. The van der Waals surface area contributed by atoms with Gasteiger partial charge < -0.3 is 9.84 Å². The maximum Gasteiger partial charge on any atom is 0.126 e. The van der Waals surface area contributed by atoms with Crippen LogP contribution in [0.3, 0.4) is 0 Å². The number of benzene rings is 2. The van der Waals surface area contributed by atoms with Gasteiger partial charge in [-0.3, -0.25) is 0 Å². The molecule has 0 spiro atoms. The van der Waals surface area contributed by atoms with Gasteiger partial charge in [-0.05, 0) is 29.8 Å². The molecule has 0 aliphatic rings. The zero-order valence-electron chi connectivity index (χ0n) is 9.57. The molecule has 4 heteroatoms. The average Bonchev–Trinajstić information content (AvgIpc) is 2.38. The first-order chi connectivity index (χ1) is 8.70. The summed E-state index contributed by atoms with van der Waals surface area (Å²) in [5.74, 6) is 0.597. The largest absolute Gasteiger partial charge is 0.488 e. The number of aliphatic hydroxyl groups excluding tert-OH is 1. The first-order valence-corrected chi connectivity index (χ1v) is 6.22. The highest BCUT2D eigenvalue weighted by Gasteiger charge is 2.07. The molecular weight excluding hydrogens is 271 g/mol. The Morgan fingerprint density at radius 2 is 1.72 bits per heavy atom. The summed E-state index contributed by atoms with van der Waals surface area (Å²) in [4.78, 5) is 0. The molecule has 0 saturated heterocycles. The van der Waals surface area contributed by atoms with Gasteiger partial charge in [0.15, 0.2) is 0 Å². The molecule has 1 N–H and O–H groups in total. The fourth-order valence-electron chi connectivity index (χ4n) is 1.57. The molecule has 0 saturated carbocycles. The Morgan fingerprint density at radius 3 is 2.39 bits per heavy atom. The topological polar surface area (TPSA) is 29.5 Å². The smallest absolute Gasteiger partial charge is 0.126 e. The fourth-order valence-corrected chi connectivity index (χ4v) is 1.92. The van der Waals surface area contributed by atoms with Crippen LogP contribution in [0.25, 0.3) is 0 Å². The van der Waals surface area contributed by atoms with E-state index in [0.29, 0.717) is 28.0 Å². The highest BCUT2D eigenvalue weighted by atomic mass is 35.5. The number of rotatable bonds is 4. The maximum atomic E-state index is 9.25. The minimum atomic E-state index is -0.143. The molecule has 2 aromatic rings. The van der Waals surface area contributed by atoms with Crippen LogP contribution < -0.4 is 4.74 Å². The molecule has 0 aliphatic carbocycles. The number of ether oxygens (including phenoxy) is 1. The van der Waals surface area contributed by atoms with E-state index in [-0.39, 0.29) is 6.61 Å². The SMILES string of the molecule is OCc1c(Cl)cccc1OCc1ccc(Cl)cc1. The minimum absolute atomic E-state index is 0.143. The van der Waals surface area contributed by atoms with Crippen molar-refractivity contribution in [2.24, 2.45) is 0 Å². The summed E-state index contributed by atoms with van der Waals surface area (Å²) in [6.45, 7) is 0.264. The zero-order chi connectivity index (χ0) is 13.0. The van der Waals surface area contributed by atoms with E-state index >= 15 is 0 Å². The first kappa shape index (κ1) is 13.2. The average molecular weight is 283 g/mol. The van der Waals surface area contributed by atoms with Crippen molar-refractivity contribution in [3.63, 3.8) is 0 Å². The second-order valence-electron chi connectivity index (χ2n) is 3.79. The predicted octanol–water partition coefficient (Wildman–Crippen LogP) is 4.06. The van der Waals surface area contributed by atoms with Crippen molar-refractivity contribution in [3.8, 4) is 5.75 Å². The quantitative estimate of drug-likeness (QED) is 0.916. The van der Waals surface area contributed by atoms with Crippen LogP contribution in [-0.2, 0) is 13.2 Å². The van der Waals surface area contributed by atoms with Crippen molar-refractivity contribution < 1.29 is 9.84 Å². The van der Waals surface area contributed by atoms with Gasteiger partial charge in [0.25, 0.3) is 0 Å². The number of halogens is 2. The Labute approximate surface area is 116 Å². The molecule has 2 rings (SSSR count). The van der Waals surface area contributed by atoms with E-state index in [2.05, 4.69) is 0 Å². The predicted molar refractivity (Wildman–Crippen MR) is 73.2 cm³/mol. The maximum absolute atomic E-state index is 9.25. The van der Waals surface area contributed by atoms with Crippen LogP contribution >= 0.6 is 23.2 Å². The second-order valence-corrected chi connectivity index (χ2v) is 4.63. The number of aliphatic hydroxyl groups is 1. The third-order valence-corrected chi connectivity index (χ3v) is 3.15. The molecule has 0 aromatic heterocycles. The van der Waals surface area contributed by atoms with Crippen LogP contribution in [0, 0.1) is 0 Å². The first-order valence-electron chi connectivity index (χ1n) is 5.46. The molecule has 0 aliphatic heterocycles. The van der Waals surface area contributed by atoms with E-state index < -0.39 is 0 Å². The lowest BCUT2D eigenvalue weighted by Crippen LogP contribution is -1.99. The van der Waals surface area contributed by atoms with Crippen LogP contribution in [0.1, 0.15) is 11.1 Å². The Morgan fingerprint density at radius 1 is 1.00 bits per heavy atom. The normalized spacial score (nSPS) is 10.4. The Balaban J connectivity index is 2.10. The van der Waals surface area contributed by atoms with Crippen LogP contribution in [0.2, 0.25) is 10.0 Å². The molecular formula is C14H12Cl2O2. The third-order valence-electron chi connectivity index (χ3n) is 2.54. The Bertz CT molecular complexity index is 524. The summed E-state index contributed by atoms with van der Waals surface area (Å²) in [5.41, 5.74) is 1.61. The molecule has 0 bridgehead atoms. The molecule has 2 aromatic carbocycles. The number of hydrogen-bond acceptors (Lipinski definition) is 2. The Kier molecular flexibility index (Phi) is 4.48. The van der Waals surface area contributed by atoms with Crippen molar-refractivity contribution in [1.29, 1.82) is 0 Å². The highest BCUT2D eigenvalue weighted by molar-refractivity contribution is 6.31. The second kappa shape index (κ2) is 6.10. The molecule has 18 heavy (non-hydrogen) atoms.